The maximum Gasteiger partial charge on any atom is 0.330 e. The van der Waals surface area contributed by atoms with Crippen LogP contribution < -0.4 is 10.6 Å². The molecule has 0 bridgehead atoms. The fourth-order valence-electron chi connectivity index (χ4n) is 4.94. The van der Waals surface area contributed by atoms with Crippen LogP contribution in [0, 0.1) is 0 Å². The number of aliphatic hydroxyl groups is 5. The second-order valence-corrected chi connectivity index (χ2v) is 12.8. The van der Waals surface area contributed by atoms with Crippen molar-refractivity contribution in [2.75, 3.05) is 32.5 Å². The van der Waals surface area contributed by atoms with Crippen molar-refractivity contribution in [3.8, 4) is 0 Å². The molecular formula is C27H55N2O9P. The number of hydrogen-bond acceptors (Lipinski definition) is 9. The fourth-order valence-corrected chi connectivity index (χ4v) is 6.14. The average molecular weight is 583 g/mol. The predicted molar refractivity (Wildman–Crippen MR) is 150 cm³/mol. The van der Waals surface area contributed by atoms with E-state index in [2.05, 4.69) is 10.6 Å². The van der Waals surface area contributed by atoms with Crippen molar-refractivity contribution in [2.45, 2.75) is 133 Å². The highest BCUT2D eigenvalue weighted by atomic mass is 31.2. The van der Waals surface area contributed by atoms with Crippen molar-refractivity contribution in [3.05, 3.63) is 0 Å². The molecule has 0 aromatic rings. The Bertz CT molecular complexity index is 673. The lowest BCUT2D eigenvalue weighted by molar-refractivity contribution is -0.121. The molecule has 8 N–H and O–H groups in total. The quantitative estimate of drug-likeness (QED) is 0.0584. The molecule has 11 nitrogen and oxygen atoms in total. The van der Waals surface area contributed by atoms with Crippen LogP contribution in [0.25, 0.3) is 0 Å². The molecule has 1 aliphatic rings. The van der Waals surface area contributed by atoms with Crippen molar-refractivity contribution >= 4 is 13.5 Å². The third-order valence-electron chi connectivity index (χ3n) is 7.26. The highest BCUT2D eigenvalue weighted by Gasteiger charge is 2.41. The molecule has 1 rings (SSSR count). The van der Waals surface area contributed by atoms with E-state index in [1.807, 2.05) is 0 Å². The maximum atomic E-state index is 12.2. The van der Waals surface area contributed by atoms with E-state index in [1.165, 1.54) is 51.4 Å². The molecular weight excluding hydrogens is 527 g/mol. The molecule has 0 aromatic carbocycles. The number of amides is 1. The summed E-state index contributed by atoms with van der Waals surface area (Å²) in [5.74, 6) is -0.0393. The molecule has 1 fully saturated rings. The van der Waals surface area contributed by atoms with Gasteiger partial charge in [0.2, 0.25) is 5.91 Å². The molecule has 39 heavy (non-hydrogen) atoms. The summed E-state index contributed by atoms with van der Waals surface area (Å²) < 4.78 is 17.3. The summed E-state index contributed by atoms with van der Waals surface area (Å²) in [6, 6.07) is -1.43. The van der Waals surface area contributed by atoms with Crippen molar-refractivity contribution in [2.24, 2.45) is 0 Å². The molecule has 1 aliphatic heterocycles. The minimum absolute atomic E-state index is 0.0393. The summed E-state index contributed by atoms with van der Waals surface area (Å²) in [4.78, 5) is 21.9. The summed E-state index contributed by atoms with van der Waals surface area (Å²) in [6.45, 7) is 0.223. The van der Waals surface area contributed by atoms with Crippen LogP contribution in [-0.2, 0) is 13.9 Å². The van der Waals surface area contributed by atoms with Gasteiger partial charge in [-0.1, -0.05) is 70.6 Å². The van der Waals surface area contributed by atoms with Crippen LogP contribution in [0.2, 0.25) is 0 Å². The number of aliphatic hydroxyl groups excluding tert-OH is 5. The second kappa shape index (κ2) is 22.0. The summed E-state index contributed by atoms with van der Waals surface area (Å²) in [7, 11) is -4.06. The number of carbonyl (C=O) groups excluding carboxylic acids is 1. The topological polar surface area (TPSA) is 189 Å². The summed E-state index contributed by atoms with van der Waals surface area (Å²) >= 11 is 0. The molecule has 0 radical (unpaired) electrons. The van der Waals surface area contributed by atoms with Crippen LogP contribution in [0.15, 0.2) is 0 Å². The van der Waals surface area contributed by atoms with E-state index in [-0.39, 0.29) is 25.5 Å². The maximum absolute atomic E-state index is 12.2. The highest BCUT2D eigenvalue weighted by Crippen LogP contribution is 2.43. The zero-order valence-electron chi connectivity index (χ0n) is 23.6. The van der Waals surface area contributed by atoms with E-state index in [0.717, 1.165) is 32.1 Å². The molecule has 0 aliphatic carbocycles. The lowest BCUT2D eigenvalue weighted by Gasteiger charge is -2.21. The van der Waals surface area contributed by atoms with E-state index in [9.17, 15) is 29.6 Å². The Morgan fingerprint density at radius 1 is 0.821 bits per heavy atom. The largest absolute Gasteiger partial charge is 0.396 e. The molecule has 232 valence electrons. The highest BCUT2D eigenvalue weighted by molar-refractivity contribution is 7.52. The Hall–Kier alpha value is -0.620. The Morgan fingerprint density at radius 2 is 1.33 bits per heavy atom. The smallest absolute Gasteiger partial charge is 0.330 e. The second-order valence-electron chi connectivity index (χ2n) is 10.9. The Labute approximate surface area is 234 Å². The van der Waals surface area contributed by atoms with Gasteiger partial charge in [0, 0.05) is 25.6 Å². The van der Waals surface area contributed by atoms with Gasteiger partial charge >= 0.3 is 7.60 Å². The molecule has 0 aromatic heterocycles. The Morgan fingerprint density at radius 3 is 1.85 bits per heavy atom. The molecule has 6 atom stereocenters. The van der Waals surface area contributed by atoms with Gasteiger partial charge in [-0.05, 0) is 25.7 Å². The van der Waals surface area contributed by atoms with E-state index in [4.69, 9.17) is 14.7 Å². The van der Waals surface area contributed by atoms with E-state index < -0.39 is 44.2 Å². The number of rotatable bonds is 25. The molecule has 0 saturated carbocycles. The van der Waals surface area contributed by atoms with Gasteiger partial charge in [0.15, 0.2) is 0 Å². The van der Waals surface area contributed by atoms with Gasteiger partial charge in [0.1, 0.15) is 0 Å². The lowest BCUT2D eigenvalue weighted by atomic mass is 10.0. The SMILES string of the molecule is O=C(CCCCCCCCCCCCCCCO)NCCCOP(=O)(O)C[C@H](O)C[C@H]1N[C@H](CO)[C@@H](O)[C@@H]1O. The molecule has 12 heteroatoms. The van der Waals surface area contributed by atoms with E-state index in [1.54, 1.807) is 0 Å². The van der Waals surface area contributed by atoms with Crippen molar-refractivity contribution in [1.29, 1.82) is 0 Å². The number of nitrogens with one attached hydrogen (secondary N) is 2. The van der Waals surface area contributed by atoms with Crippen LogP contribution in [0.3, 0.4) is 0 Å². The van der Waals surface area contributed by atoms with Gasteiger partial charge in [0.25, 0.3) is 0 Å². The van der Waals surface area contributed by atoms with E-state index in [0.29, 0.717) is 26.0 Å². The van der Waals surface area contributed by atoms with Crippen molar-refractivity contribution in [1.82, 2.24) is 10.6 Å². The van der Waals surface area contributed by atoms with Crippen molar-refractivity contribution < 1.29 is 44.3 Å². The van der Waals surface area contributed by atoms with Crippen LogP contribution in [0.5, 0.6) is 0 Å². The number of hydrogen-bond donors (Lipinski definition) is 8. The Balaban J connectivity index is 1.96. The first-order chi connectivity index (χ1) is 18.7. The third kappa shape index (κ3) is 17.7. The molecule has 1 saturated heterocycles. The summed E-state index contributed by atoms with van der Waals surface area (Å²) in [6.07, 6.45) is 11.8. The molecule has 1 unspecified atom stereocenters. The minimum atomic E-state index is -4.06. The van der Waals surface area contributed by atoms with Crippen LogP contribution in [-0.4, -0.2) is 99.3 Å². The fraction of sp³-hybridized carbons (Fsp3) is 0.963. The van der Waals surface area contributed by atoms with Gasteiger partial charge in [-0.25, -0.2) is 0 Å². The monoisotopic (exact) mass is 582 g/mol. The van der Waals surface area contributed by atoms with Gasteiger partial charge < -0.3 is 45.6 Å². The summed E-state index contributed by atoms with van der Waals surface area (Å²) in [5, 5.41) is 53.4. The van der Waals surface area contributed by atoms with Crippen molar-refractivity contribution in [3.63, 3.8) is 0 Å². The first-order valence-corrected chi connectivity index (χ1v) is 16.7. The van der Waals surface area contributed by atoms with Gasteiger partial charge in [-0.15, -0.1) is 0 Å². The van der Waals surface area contributed by atoms with Gasteiger partial charge in [-0.3, -0.25) is 9.36 Å². The van der Waals surface area contributed by atoms with E-state index >= 15 is 0 Å². The summed E-state index contributed by atoms with van der Waals surface area (Å²) in [5.41, 5.74) is 0. The van der Waals surface area contributed by atoms with Gasteiger partial charge in [-0.2, -0.15) is 0 Å². The molecule has 0 spiro atoms. The normalized spacial score (nSPS) is 23.5. The zero-order valence-corrected chi connectivity index (χ0v) is 24.5. The first kappa shape index (κ1) is 36.4. The molecule has 1 amide bonds. The van der Waals surface area contributed by atoms with Crippen LogP contribution in [0.4, 0.5) is 0 Å². The predicted octanol–water partition coefficient (Wildman–Crippen LogP) is 1.95. The number of carbonyl (C=O) groups is 1. The lowest BCUT2D eigenvalue weighted by Crippen LogP contribution is -2.38. The van der Waals surface area contributed by atoms with Gasteiger partial charge in [0.05, 0.1) is 43.7 Å². The minimum Gasteiger partial charge on any atom is -0.396 e. The Kier molecular flexibility index (Phi) is 20.6. The first-order valence-electron chi connectivity index (χ1n) is 14.9. The standard InChI is InChI=1S/C27H55N2O9P/c30-17-13-11-9-7-5-3-1-2-4-6-8-10-12-15-25(33)28-16-14-18-38-39(36,37)21-22(32)19-23-26(34)27(35)24(20-31)29-23/h22-24,26-27,29-32,34-35H,1-21H2,(H,28,33)(H,36,37)/t22-,23-,24-,26-,27-/m1/s1. The zero-order chi connectivity index (χ0) is 28.9. The number of unbranched alkanes of at least 4 members (excludes halogenated alkanes) is 12. The average Bonchev–Trinajstić information content (AvgIpc) is 3.15. The van der Waals surface area contributed by atoms with Crippen LogP contribution >= 0.6 is 7.60 Å². The van der Waals surface area contributed by atoms with Crippen LogP contribution in [0.1, 0.15) is 103 Å². The third-order valence-corrected chi connectivity index (χ3v) is 8.73. The molecule has 1 heterocycles.